The molecule has 5 nitrogen and oxygen atoms in total. The molecule has 0 aliphatic heterocycles. The predicted molar refractivity (Wildman–Crippen MR) is 75.9 cm³/mol. The lowest BCUT2D eigenvalue weighted by Gasteiger charge is -2.06. The van der Waals surface area contributed by atoms with Gasteiger partial charge in [-0.25, -0.2) is 0 Å². The molecule has 4 N–H and O–H groups in total. The summed E-state index contributed by atoms with van der Waals surface area (Å²) in [6.45, 7) is 4.80. The van der Waals surface area contributed by atoms with E-state index in [-0.39, 0.29) is 35.8 Å². The summed E-state index contributed by atoms with van der Waals surface area (Å²) in [7, 11) is 0. The quantitative estimate of drug-likeness (QED) is 0.294. The highest BCUT2D eigenvalue weighted by atomic mass is 127. The highest BCUT2D eigenvalue weighted by Gasteiger charge is 2.21. The Balaban J connectivity index is 0.00000225. The first-order valence-corrected chi connectivity index (χ1v) is 5.43. The van der Waals surface area contributed by atoms with Gasteiger partial charge in [-0.1, -0.05) is 13.8 Å². The molecule has 1 aliphatic rings. The van der Waals surface area contributed by atoms with E-state index in [4.69, 9.17) is 5.73 Å². The fraction of sp³-hybridized carbons (Fsp3) is 0.800. The number of carbonyl (C=O) groups excluding carboxylic acids is 1. The van der Waals surface area contributed by atoms with Crippen LogP contribution in [0.1, 0.15) is 26.7 Å². The van der Waals surface area contributed by atoms with E-state index in [1.165, 1.54) is 12.8 Å². The van der Waals surface area contributed by atoms with Crippen molar-refractivity contribution in [1.29, 1.82) is 0 Å². The third kappa shape index (κ3) is 6.86. The van der Waals surface area contributed by atoms with Crippen molar-refractivity contribution in [2.45, 2.75) is 32.7 Å². The number of hydrogen-bond acceptors (Lipinski definition) is 2. The number of halogens is 1. The van der Waals surface area contributed by atoms with Gasteiger partial charge in [0, 0.05) is 18.5 Å². The summed E-state index contributed by atoms with van der Waals surface area (Å²) in [6.07, 6.45) is 2.36. The summed E-state index contributed by atoms with van der Waals surface area (Å²) in [6, 6.07) is 0.527. The standard InChI is InChI=1S/C10H20N4O.HI/c1-7(2)9(15)12-5-6-13-10(11)14-8-3-4-8;/h7-8H,3-6H2,1-2H3,(H,12,15)(H3,11,13,14);1H. The Hall–Kier alpha value is -0.530. The van der Waals surface area contributed by atoms with Crippen LogP contribution in [0.3, 0.4) is 0 Å². The minimum absolute atomic E-state index is 0. The Morgan fingerprint density at radius 1 is 1.50 bits per heavy atom. The smallest absolute Gasteiger partial charge is 0.222 e. The fourth-order valence-corrected chi connectivity index (χ4v) is 1.04. The molecule has 0 spiro atoms. The second kappa shape index (κ2) is 7.70. The third-order valence-electron chi connectivity index (χ3n) is 2.15. The van der Waals surface area contributed by atoms with E-state index in [0.29, 0.717) is 25.1 Å². The van der Waals surface area contributed by atoms with Crippen LogP contribution in [0.15, 0.2) is 4.99 Å². The first-order valence-electron chi connectivity index (χ1n) is 5.43. The number of guanidine groups is 1. The molecule has 0 heterocycles. The lowest BCUT2D eigenvalue weighted by atomic mass is 10.2. The molecular formula is C10H21IN4O. The molecule has 0 unspecified atom stereocenters. The highest BCUT2D eigenvalue weighted by Crippen LogP contribution is 2.17. The van der Waals surface area contributed by atoms with E-state index in [2.05, 4.69) is 15.6 Å². The summed E-state index contributed by atoms with van der Waals surface area (Å²) < 4.78 is 0. The van der Waals surface area contributed by atoms with Gasteiger partial charge in [0.05, 0.1) is 6.54 Å². The van der Waals surface area contributed by atoms with Crippen molar-refractivity contribution < 1.29 is 4.79 Å². The fourth-order valence-electron chi connectivity index (χ4n) is 1.04. The van der Waals surface area contributed by atoms with Crippen molar-refractivity contribution in [3.63, 3.8) is 0 Å². The van der Waals surface area contributed by atoms with Crippen LogP contribution < -0.4 is 16.4 Å². The number of rotatable bonds is 5. The van der Waals surface area contributed by atoms with Crippen molar-refractivity contribution in [3.8, 4) is 0 Å². The Bertz CT molecular complexity index is 251. The molecule has 0 atom stereocenters. The molecule has 0 bridgehead atoms. The SMILES string of the molecule is CC(C)C(=O)NCCN=C(N)NC1CC1.I. The van der Waals surface area contributed by atoms with Gasteiger partial charge in [-0.2, -0.15) is 0 Å². The average Bonchev–Trinajstić information content (AvgIpc) is 2.95. The summed E-state index contributed by atoms with van der Waals surface area (Å²) in [5.41, 5.74) is 5.62. The normalized spacial score (nSPS) is 15.6. The van der Waals surface area contributed by atoms with Gasteiger partial charge in [0.15, 0.2) is 5.96 Å². The average molecular weight is 340 g/mol. The molecule has 1 amide bonds. The number of aliphatic imine (C=N–C) groups is 1. The van der Waals surface area contributed by atoms with Crippen LogP contribution in [0.5, 0.6) is 0 Å². The molecule has 0 aromatic carbocycles. The van der Waals surface area contributed by atoms with E-state index < -0.39 is 0 Å². The van der Waals surface area contributed by atoms with Crippen molar-refractivity contribution in [2.24, 2.45) is 16.6 Å². The molecule has 0 aromatic rings. The number of nitrogens with one attached hydrogen (secondary N) is 2. The molecule has 1 aliphatic carbocycles. The van der Waals surface area contributed by atoms with Gasteiger partial charge in [-0.05, 0) is 12.8 Å². The number of amides is 1. The van der Waals surface area contributed by atoms with Gasteiger partial charge in [0.25, 0.3) is 0 Å². The molecule has 0 aromatic heterocycles. The van der Waals surface area contributed by atoms with Crippen LogP contribution in [0, 0.1) is 5.92 Å². The molecule has 0 radical (unpaired) electrons. The predicted octanol–water partition coefficient (Wildman–Crippen LogP) is 0.443. The van der Waals surface area contributed by atoms with Gasteiger partial charge >= 0.3 is 0 Å². The van der Waals surface area contributed by atoms with Crippen LogP contribution in [-0.2, 0) is 4.79 Å². The maximum absolute atomic E-state index is 11.2. The zero-order valence-corrected chi connectivity index (χ0v) is 12.2. The van der Waals surface area contributed by atoms with Crippen molar-refractivity contribution in [1.82, 2.24) is 10.6 Å². The van der Waals surface area contributed by atoms with Crippen LogP contribution >= 0.6 is 24.0 Å². The van der Waals surface area contributed by atoms with Crippen LogP contribution in [0.2, 0.25) is 0 Å². The topological polar surface area (TPSA) is 79.5 Å². The molecule has 1 fully saturated rings. The Morgan fingerprint density at radius 3 is 2.62 bits per heavy atom. The van der Waals surface area contributed by atoms with Gasteiger partial charge < -0.3 is 16.4 Å². The highest BCUT2D eigenvalue weighted by molar-refractivity contribution is 14.0. The summed E-state index contributed by atoms with van der Waals surface area (Å²) in [5.74, 6) is 0.561. The number of hydrogen-bond donors (Lipinski definition) is 3. The Labute approximate surface area is 114 Å². The first kappa shape index (κ1) is 15.5. The minimum atomic E-state index is 0. The molecule has 1 rings (SSSR count). The molecular weight excluding hydrogens is 319 g/mol. The zero-order chi connectivity index (χ0) is 11.3. The van der Waals surface area contributed by atoms with Gasteiger partial charge in [-0.15, -0.1) is 24.0 Å². The molecule has 1 saturated carbocycles. The molecule has 6 heteroatoms. The first-order chi connectivity index (χ1) is 7.09. The maximum atomic E-state index is 11.2. The van der Waals surface area contributed by atoms with Crippen LogP contribution in [0.4, 0.5) is 0 Å². The van der Waals surface area contributed by atoms with Gasteiger partial charge in [0.2, 0.25) is 5.91 Å². The van der Waals surface area contributed by atoms with Gasteiger partial charge in [-0.3, -0.25) is 9.79 Å². The van der Waals surface area contributed by atoms with Crippen molar-refractivity contribution in [3.05, 3.63) is 0 Å². The number of nitrogens with zero attached hydrogens (tertiary/aromatic N) is 1. The van der Waals surface area contributed by atoms with E-state index in [1.807, 2.05) is 13.8 Å². The monoisotopic (exact) mass is 340 g/mol. The molecule has 16 heavy (non-hydrogen) atoms. The Morgan fingerprint density at radius 2 is 2.12 bits per heavy atom. The molecule has 94 valence electrons. The largest absolute Gasteiger partial charge is 0.370 e. The van der Waals surface area contributed by atoms with Crippen LogP contribution in [-0.4, -0.2) is 31.0 Å². The lowest BCUT2D eigenvalue weighted by molar-refractivity contribution is -0.123. The Kier molecular flexibility index (Phi) is 7.44. The minimum Gasteiger partial charge on any atom is -0.370 e. The number of carbonyl (C=O) groups is 1. The number of nitrogens with two attached hydrogens (primary N) is 1. The summed E-state index contributed by atoms with van der Waals surface area (Å²) in [4.78, 5) is 15.3. The zero-order valence-electron chi connectivity index (χ0n) is 9.82. The van der Waals surface area contributed by atoms with Gasteiger partial charge in [0.1, 0.15) is 0 Å². The van der Waals surface area contributed by atoms with E-state index in [9.17, 15) is 4.79 Å². The lowest BCUT2D eigenvalue weighted by Crippen LogP contribution is -2.35. The molecule has 0 saturated heterocycles. The van der Waals surface area contributed by atoms with Crippen LogP contribution in [0.25, 0.3) is 0 Å². The van der Waals surface area contributed by atoms with E-state index >= 15 is 0 Å². The second-order valence-corrected chi connectivity index (χ2v) is 4.13. The van der Waals surface area contributed by atoms with Crippen molar-refractivity contribution in [2.75, 3.05) is 13.1 Å². The maximum Gasteiger partial charge on any atom is 0.222 e. The van der Waals surface area contributed by atoms with E-state index in [1.54, 1.807) is 0 Å². The second-order valence-electron chi connectivity index (χ2n) is 4.13. The van der Waals surface area contributed by atoms with Crippen molar-refractivity contribution >= 4 is 35.8 Å². The summed E-state index contributed by atoms with van der Waals surface area (Å²) in [5, 5.41) is 5.86. The summed E-state index contributed by atoms with van der Waals surface area (Å²) >= 11 is 0. The third-order valence-corrected chi connectivity index (χ3v) is 2.15. The van der Waals surface area contributed by atoms with E-state index in [0.717, 1.165) is 0 Å².